The summed E-state index contributed by atoms with van der Waals surface area (Å²) in [6.45, 7) is 4.13. The summed E-state index contributed by atoms with van der Waals surface area (Å²) >= 11 is 1.43. The second-order valence-electron chi connectivity index (χ2n) is 6.57. The first-order valence-electron chi connectivity index (χ1n) is 9.46. The van der Waals surface area contributed by atoms with Crippen molar-refractivity contribution >= 4 is 29.3 Å². The molecule has 0 amide bonds. The topological polar surface area (TPSA) is 120 Å². The van der Waals surface area contributed by atoms with Gasteiger partial charge in [0.25, 0.3) is 0 Å². The van der Waals surface area contributed by atoms with Crippen LogP contribution in [-0.2, 0) is 12.2 Å². The van der Waals surface area contributed by atoms with E-state index in [0.29, 0.717) is 22.7 Å². The van der Waals surface area contributed by atoms with E-state index in [2.05, 4.69) is 48.8 Å². The first-order valence-corrected chi connectivity index (χ1v) is 10.4. The standard InChI is InChI=1S/C20H21N9S/c1-3-14-8-4-5-10-16(14)22-19-24-17(23-18(21)25-19)12-30-20-26-27-28-29(20)15-9-6-7-13(2)11-15/h4-11H,3,12H2,1-2H3,(H3,21,22,23,24,25). The minimum absolute atomic E-state index is 0.162. The maximum absolute atomic E-state index is 5.91. The summed E-state index contributed by atoms with van der Waals surface area (Å²) in [6, 6.07) is 16.0. The number of nitrogens with one attached hydrogen (secondary N) is 1. The lowest BCUT2D eigenvalue weighted by Gasteiger charge is -2.10. The summed E-state index contributed by atoms with van der Waals surface area (Å²) in [7, 11) is 0. The Labute approximate surface area is 178 Å². The van der Waals surface area contributed by atoms with Gasteiger partial charge in [0.15, 0.2) is 0 Å². The average Bonchev–Trinajstić information content (AvgIpc) is 3.21. The van der Waals surface area contributed by atoms with Crippen molar-refractivity contribution in [3.63, 3.8) is 0 Å². The van der Waals surface area contributed by atoms with Gasteiger partial charge in [0.05, 0.1) is 11.4 Å². The highest BCUT2D eigenvalue weighted by Gasteiger charge is 2.12. The predicted octanol–water partition coefficient (Wildman–Crippen LogP) is 3.34. The zero-order valence-electron chi connectivity index (χ0n) is 16.6. The lowest BCUT2D eigenvalue weighted by atomic mass is 10.1. The molecule has 0 saturated heterocycles. The molecule has 0 atom stereocenters. The van der Waals surface area contributed by atoms with Crippen LogP contribution in [0.3, 0.4) is 0 Å². The zero-order valence-corrected chi connectivity index (χ0v) is 17.5. The van der Waals surface area contributed by atoms with Crippen LogP contribution in [0.4, 0.5) is 17.6 Å². The number of para-hydroxylation sites is 1. The molecule has 2 aromatic heterocycles. The van der Waals surface area contributed by atoms with Gasteiger partial charge in [0.2, 0.25) is 17.1 Å². The van der Waals surface area contributed by atoms with Crippen LogP contribution >= 0.6 is 11.8 Å². The molecule has 0 bridgehead atoms. The van der Waals surface area contributed by atoms with E-state index in [1.165, 1.54) is 17.3 Å². The predicted molar refractivity (Wildman–Crippen MR) is 117 cm³/mol. The number of aryl methyl sites for hydroxylation is 2. The van der Waals surface area contributed by atoms with Crippen molar-refractivity contribution in [1.82, 2.24) is 35.2 Å². The van der Waals surface area contributed by atoms with Gasteiger partial charge in [0.1, 0.15) is 5.82 Å². The Morgan fingerprint density at radius 1 is 1.07 bits per heavy atom. The Balaban J connectivity index is 1.52. The van der Waals surface area contributed by atoms with Gasteiger partial charge in [-0.1, -0.05) is 49.0 Å². The summed E-state index contributed by atoms with van der Waals surface area (Å²) in [6.07, 6.45) is 0.897. The second-order valence-corrected chi connectivity index (χ2v) is 7.51. The van der Waals surface area contributed by atoms with Gasteiger partial charge in [-0.05, 0) is 53.1 Å². The third-order valence-electron chi connectivity index (χ3n) is 4.36. The molecule has 0 spiro atoms. The van der Waals surface area contributed by atoms with Gasteiger partial charge in [-0.15, -0.1) is 5.10 Å². The molecule has 3 N–H and O–H groups in total. The number of hydrogen-bond donors (Lipinski definition) is 2. The summed E-state index contributed by atoms with van der Waals surface area (Å²) in [5.74, 6) is 1.57. The number of rotatable bonds is 7. The van der Waals surface area contributed by atoms with Crippen LogP contribution in [0, 0.1) is 6.92 Å². The lowest BCUT2D eigenvalue weighted by molar-refractivity contribution is 0.755. The smallest absolute Gasteiger partial charge is 0.232 e. The highest BCUT2D eigenvalue weighted by molar-refractivity contribution is 7.98. The number of aromatic nitrogens is 7. The quantitative estimate of drug-likeness (QED) is 0.434. The molecule has 4 aromatic rings. The number of anilines is 3. The van der Waals surface area contributed by atoms with Gasteiger partial charge in [-0.25, -0.2) is 0 Å². The SMILES string of the molecule is CCc1ccccc1Nc1nc(N)nc(CSc2nnnn2-c2cccc(C)c2)n1. The van der Waals surface area contributed by atoms with E-state index in [1.807, 2.05) is 49.4 Å². The lowest BCUT2D eigenvalue weighted by Crippen LogP contribution is -2.07. The van der Waals surface area contributed by atoms with Crippen molar-refractivity contribution < 1.29 is 0 Å². The molecule has 4 rings (SSSR count). The third kappa shape index (κ3) is 4.54. The zero-order chi connectivity index (χ0) is 20.9. The van der Waals surface area contributed by atoms with E-state index >= 15 is 0 Å². The largest absolute Gasteiger partial charge is 0.368 e. The number of hydrogen-bond acceptors (Lipinski definition) is 9. The number of tetrazole rings is 1. The van der Waals surface area contributed by atoms with Crippen molar-refractivity contribution in [1.29, 1.82) is 0 Å². The molecule has 0 aliphatic heterocycles. The Hall–Kier alpha value is -3.53. The van der Waals surface area contributed by atoms with Gasteiger partial charge in [-0.3, -0.25) is 0 Å². The first kappa shape index (κ1) is 19.8. The van der Waals surface area contributed by atoms with E-state index in [0.717, 1.165) is 23.4 Å². The molecule has 0 aliphatic rings. The van der Waals surface area contributed by atoms with E-state index in [4.69, 9.17) is 5.73 Å². The molecule has 9 nitrogen and oxygen atoms in total. The van der Waals surface area contributed by atoms with Crippen LogP contribution < -0.4 is 11.1 Å². The Morgan fingerprint density at radius 3 is 2.77 bits per heavy atom. The van der Waals surface area contributed by atoms with Crippen LogP contribution in [0.2, 0.25) is 0 Å². The first-order chi connectivity index (χ1) is 14.6. The molecule has 152 valence electrons. The maximum Gasteiger partial charge on any atom is 0.232 e. The van der Waals surface area contributed by atoms with Crippen LogP contribution in [-0.4, -0.2) is 35.2 Å². The van der Waals surface area contributed by atoms with Crippen LogP contribution in [0.1, 0.15) is 23.9 Å². The number of nitrogen functional groups attached to an aromatic ring is 1. The normalized spacial score (nSPS) is 10.9. The van der Waals surface area contributed by atoms with Crippen molar-refractivity contribution in [2.24, 2.45) is 0 Å². The van der Waals surface area contributed by atoms with Crippen molar-refractivity contribution in [3.8, 4) is 5.69 Å². The Kier molecular flexibility index (Phi) is 5.84. The fourth-order valence-electron chi connectivity index (χ4n) is 2.95. The van der Waals surface area contributed by atoms with E-state index in [-0.39, 0.29) is 5.95 Å². The molecule has 10 heteroatoms. The third-order valence-corrected chi connectivity index (χ3v) is 5.28. The molecule has 0 saturated carbocycles. The van der Waals surface area contributed by atoms with Crippen LogP contribution in [0.25, 0.3) is 5.69 Å². The fraction of sp³-hybridized carbons (Fsp3) is 0.200. The Morgan fingerprint density at radius 2 is 1.93 bits per heavy atom. The van der Waals surface area contributed by atoms with Crippen LogP contribution in [0.5, 0.6) is 0 Å². The number of thioether (sulfide) groups is 1. The molecular formula is C20H21N9S. The van der Waals surface area contributed by atoms with E-state index < -0.39 is 0 Å². The minimum atomic E-state index is 0.162. The molecule has 2 aromatic carbocycles. The van der Waals surface area contributed by atoms with Crippen molar-refractivity contribution in [2.45, 2.75) is 31.2 Å². The average molecular weight is 420 g/mol. The fourth-order valence-corrected chi connectivity index (χ4v) is 3.69. The highest BCUT2D eigenvalue weighted by Crippen LogP contribution is 2.23. The highest BCUT2D eigenvalue weighted by atomic mass is 32.2. The monoisotopic (exact) mass is 419 g/mol. The van der Waals surface area contributed by atoms with Crippen LogP contribution in [0.15, 0.2) is 53.7 Å². The summed E-state index contributed by atoms with van der Waals surface area (Å²) in [5.41, 5.74) is 10.1. The summed E-state index contributed by atoms with van der Waals surface area (Å²) in [5, 5.41) is 15.9. The Bertz CT molecular complexity index is 1160. The minimum Gasteiger partial charge on any atom is -0.368 e. The molecule has 0 unspecified atom stereocenters. The van der Waals surface area contributed by atoms with Crippen molar-refractivity contribution in [2.75, 3.05) is 11.1 Å². The van der Waals surface area contributed by atoms with Gasteiger partial charge in [-0.2, -0.15) is 19.6 Å². The molecule has 0 aliphatic carbocycles. The van der Waals surface area contributed by atoms with Gasteiger partial charge >= 0.3 is 0 Å². The second kappa shape index (κ2) is 8.87. The molecular weight excluding hydrogens is 398 g/mol. The molecule has 2 heterocycles. The molecule has 0 radical (unpaired) electrons. The maximum atomic E-state index is 5.91. The number of benzene rings is 2. The van der Waals surface area contributed by atoms with Gasteiger partial charge < -0.3 is 11.1 Å². The molecule has 30 heavy (non-hydrogen) atoms. The van der Waals surface area contributed by atoms with E-state index in [9.17, 15) is 0 Å². The summed E-state index contributed by atoms with van der Waals surface area (Å²) in [4.78, 5) is 13.0. The van der Waals surface area contributed by atoms with Gasteiger partial charge in [0, 0.05) is 5.69 Å². The number of nitrogens with zero attached hydrogens (tertiary/aromatic N) is 7. The van der Waals surface area contributed by atoms with E-state index in [1.54, 1.807) is 4.68 Å². The van der Waals surface area contributed by atoms with Crippen molar-refractivity contribution in [3.05, 3.63) is 65.5 Å². The number of nitrogens with two attached hydrogens (primary N) is 1. The summed E-state index contributed by atoms with van der Waals surface area (Å²) < 4.78 is 1.69. The molecule has 0 fully saturated rings.